The second-order valence-electron chi connectivity index (χ2n) is 17.8. The Morgan fingerprint density at radius 1 is 0.478 bits per heavy atom. The van der Waals surface area contributed by atoms with Gasteiger partial charge in [-0.05, 0) is 158 Å². The molecule has 8 rings (SSSR count). The van der Waals surface area contributed by atoms with Gasteiger partial charge in [0.1, 0.15) is 11.5 Å². The SMILES string of the molecule is CCC(N)(Cc1ccc(C(=O)Nc2ccc(Oc3ccc(NC(=O)c4ccc(CC(N)(CC)C(=O)c5ccc(N6CCOCC6)cc5)cc4)cc3)cc2)cc1)C(=O)c1ccc(N2CCOCC2)cc1. The van der Waals surface area contributed by atoms with Gasteiger partial charge in [0, 0.05) is 71.2 Å². The Kier molecular flexibility index (Phi) is 15.3. The fourth-order valence-electron chi connectivity index (χ4n) is 8.63. The van der Waals surface area contributed by atoms with Gasteiger partial charge in [0.25, 0.3) is 11.8 Å². The highest BCUT2D eigenvalue weighted by Gasteiger charge is 2.34. The van der Waals surface area contributed by atoms with E-state index in [-0.39, 0.29) is 23.4 Å². The summed E-state index contributed by atoms with van der Waals surface area (Å²) >= 11 is 0. The van der Waals surface area contributed by atoms with Crippen molar-refractivity contribution in [1.29, 1.82) is 0 Å². The highest BCUT2D eigenvalue weighted by atomic mass is 16.5. The Morgan fingerprint density at radius 2 is 0.797 bits per heavy atom. The standard InChI is InChI=1S/C56H60N6O7/c1-3-55(57,51(63)41-13-21-47(22-14-41)61-29-33-67-34-30-61)37-39-5-9-43(10-6-39)53(65)59-45-17-25-49(26-18-45)69-50-27-19-46(20-28-50)60-54(66)44-11-7-40(8-12-44)38-56(58,4-2)52(64)42-15-23-48(24-16-42)62-31-35-68-36-32-62/h5-28H,3-4,29-38,57-58H2,1-2H3,(H,59,65)(H,60,66). The van der Waals surface area contributed by atoms with Gasteiger partial charge < -0.3 is 46.1 Å². The number of morpholine rings is 2. The maximum absolute atomic E-state index is 13.6. The Balaban J connectivity index is 0.790. The molecule has 13 nitrogen and oxygen atoms in total. The van der Waals surface area contributed by atoms with Crippen molar-refractivity contribution >= 4 is 46.1 Å². The van der Waals surface area contributed by atoms with Crippen LogP contribution in [-0.4, -0.2) is 87.1 Å². The first-order chi connectivity index (χ1) is 33.4. The molecule has 6 N–H and O–H groups in total. The summed E-state index contributed by atoms with van der Waals surface area (Å²) in [5, 5.41) is 5.85. The molecule has 2 aliphatic rings. The van der Waals surface area contributed by atoms with Gasteiger partial charge in [-0.3, -0.25) is 19.2 Å². The number of Topliss-reactive ketones (excluding diaryl/α,β-unsaturated/α-hetero) is 2. The number of benzene rings is 6. The number of carbonyl (C=O) groups is 4. The van der Waals surface area contributed by atoms with Crippen LogP contribution in [0.3, 0.4) is 0 Å². The van der Waals surface area contributed by atoms with E-state index in [9.17, 15) is 19.2 Å². The maximum Gasteiger partial charge on any atom is 0.255 e. The van der Waals surface area contributed by atoms with Crippen molar-refractivity contribution in [3.8, 4) is 11.5 Å². The third-order valence-corrected chi connectivity index (χ3v) is 13.1. The fraction of sp³-hybridized carbons (Fsp3) is 0.286. The minimum atomic E-state index is -1.10. The van der Waals surface area contributed by atoms with Crippen LogP contribution in [0.25, 0.3) is 0 Å². The van der Waals surface area contributed by atoms with Gasteiger partial charge in [0.05, 0.1) is 37.5 Å². The van der Waals surface area contributed by atoms with E-state index in [1.54, 1.807) is 72.8 Å². The number of rotatable bonds is 18. The second-order valence-corrected chi connectivity index (χ2v) is 17.8. The molecule has 0 bridgehead atoms. The van der Waals surface area contributed by atoms with E-state index in [2.05, 4.69) is 20.4 Å². The van der Waals surface area contributed by atoms with Crippen molar-refractivity contribution in [2.45, 2.75) is 50.6 Å². The van der Waals surface area contributed by atoms with Crippen molar-refractivity contribution in [2.24, 2.45) is 11.5 Å². The van der Waals surface area contributed by atoms with Crippen molar-refractivity contribution in [1.82, 2.24) is 0 Å². The zero-order valence-electron chi connectivity index (χ0n) is 39.2. The van der Waals surface area contributed by atoms with E-state index in [0.717, 1.165) is 48.7 Å². The first-order valence-electron chi connectivity index (χ1n) is 23.6. The van der Waals surface area contributed by atoms with Gasteiger partial charge >= 0.3 is 0 Å². The van der Waals surface area contributed by atoms with Crippen LogP contribution in [0.1, 0.15) is 79.2 Å². The predicted molar refractivity (Wildman–Crippen MR) is 271 cm³/mol. The van der Waals surface area contributed by atoms with Crippen molar-refractivity contribution in [3.63, 3.8) is 0 Å². The van der Waals surface area contributed by atoms with E-state index >= 15 is 0 Å². The molecular weight excluding hydrogens is 869 g/mol. The summed E-state index contributed by atoms with van der Waals surface area (Å²) in [7, 11) is 0. The minimum Gasteiger partial charge on any atom is -0.457 e. The lowest BCUT2D eigenvalue weighted by molar-refractivity contribution is 0.0876. The molecule has 0 spiro atoms. The third kappa shape index (κ3) is 11.9. The van der Waals surface area contributed by atoms with Crippen LogP contribution >= 0.6 is 0 Å². The average molecular weight is 929 g/mol. The molecule has 2 aliphatic heterocycles. The summed E-state index contributed by atoms with van der Waals surface area (Å²) in [6, 6.07) is 43.6. The molecule has 356 valence electrons. The molecule has 13 heteroatoms. The minimum absolute atomic E-state index is 0.116. The Bertz CT molecular complexity index is 2510. The quantitative estimate of drug-likeness (QED) is 0.0606. The normalized spacial score (nSPS) is 15.6. The summed E-state index contributed by atoms with van der Waals surface area (Å²) in [5.41, 5.74) is 18.4. The van der Waals surface area contributed by atoms with Gasteiger partial charge in [0.15, 0.2) is 11.6 Å². The van der Waals surface area contributed by atoms with Crippen molar-refractivity contribution < 1.29 is 33.4 Å². The summed E-state index contributed by atoms with van der Waals surface area (Å²) in [5.74, 6) is 0.330. The molecule has 2 amide bonds. The number of hydrogen-bond donors (Lipinski definition) is 4. The molecule has 0 radical (unpaired) electrons. The number of nitrogens with zero attached hydrogens (tertiary/aromatic N) is 2. The van der Waals surface area contributed by atoms with E-state index in [1.165, 1.54) is 0 Å². The number of nitrogens with two attached hydrogens (primary N) is 2. The first-order valence-corrected chi connectivity index (χ1v) is 23.6. The lowest BCUT2D eigenvalue weighted by Crippen LogP contribution is -2.49. The van der Waals surface area contributed by atoms with E-state index in [0.29, 0.717) is 97.2 Å². The fourth-order valence-corrected chi connectivity index (χ4v) is 8.63. The van der Waals surface area contributed by atoms with Gasteiger partial charge in [-0.1, -0.05) is 38.1 Å². The van der Waals surface area contributed by atoms with E-state index < -0.39 is 11.1 Å². The number of hydrogen-bond acceptors (Lipinski definition) is 11. The molecule has 0 saturated carbocycles. The van der Waals surface area contributed by atoms with Crippen LogP contribution in [0.15, 0.2) is 146 Å². The molecular formula is C56H60N6O7. The summed E-state index contributed by atoms with van der Waals surface area (Å²) in [4.78, 5) is 58.1. The number of amides is 2. The Morgan fingerprint density at radius 3 is 1.12 bits per heavy atom. The van der Waals surface area contributed by atoms with Crippen LogP contribution in [0.5, 0.6) is 11.5 Å². The maximum atomic E-state index is 13.6. The smallest absolute Gasteiger partial charge is 0.255 e. The van der Waals surface area contributed by atoms with Crippen LogP contribution in [0, 0.1) is 0 Å². The van der Waals surface area contributed by atoms with Gasteiger partial charge in [-0.25, -0.2) is 0 Å². The lowest BCUT2D eigenvalue weighted by atomic mass is 9.82. The topological polar surface area (TPSA) is 179 Å². The Labute approximate surface area is 403 Å². The van der Waals surface area contributed by atoms with Gasteiger partial charge in [0.2, 0.25) is 0 Å². The molecule has 6 aromatic carbocycles. The number of anilines is 4. The summed E-state index contributed by atoms with van der Waals surface area (Å²) in [6.45, 7) is 9.85. The first kappa shape index (κ1) is 48.3. The third-order valence-electron chi connectivity index (χ3n) is 13.1. The van der Waals surface area contributed by atoms with Gasteiger partial charge in [-0.15, -0.1) is 0 Å². The lowest BCUT2D eigenvalue weighted by Gasteiger charge is -2.30. The predicted octanol–water partition coefficient (Wildman–Crippen LogP) is 8.72. The summed E-state index contributed by atoms with van der Waals surface area (Å²) < 4.78 is 16.9. The average Bonchev–Trinajstić information content (AvgIpc) is 3.40. The van der Waals surface area contributed by atoms with Crippen LogP contribution in [-0.2, 0) is 22.3 Å². The summed E-state index contributed by atoms with van der Waals surface area (Å²) in [6.07, 6.45) is 1.57. The second kappa shape index (κ2) is 21.9. The van der Waals surface area contributed by atoms with Crippen LogP contribution < -0.4 is 36.6 Å². The number of ether oxygens (including phenoxy) is 3. The molecule has 2 fully saturated rings. The van der Waals surface area contributed by atoms with E-state index in [1.807, 2.05) is 86.6 Å². The highest BCUT2D eigenvalue weighted by Crippen LogP contribution is 2.28. The number of carbonyl (C=O) groups excluding carboxylic acids is 4. The molecule has 69 heavy (non-hydrogen) atoms. The van der Waals surface area contributed by atoms with Gasteiger partial charge in [-0.2, -0.15) is 0 Å². The molecule has 2 atom stereocenters. The molecule has 6 aromatic rings. The number of ketones is 2. The molecule has 0 aliphatic carbocycles. The van der Waals surface area contributed by atoms with Crippen molar-refractivity contribution in [2.75, 3.05) is 73.0 Å². The molecule has 2 unspecified atom stereocenters. The molecule has 2 saturated heterocycles. The van der Waals surface area contributed by atoms with E-state index in [4.69, 9.17) is 25.7 Å². The Hall–Kier alpha value is -7.16. The van der Waals surface area contributed by atoms with Crippen LogP contribution in [0.4, 0.5) is 22.7 Å². The largest absolute Gasteiger partial charge is 0.457 e. The monoisotopic (exact) mass is 928 g/mol. The molecule has 0 aromatic heterocycles. The molecule has 2 heterocycles. The van der Waals surface area contributed by atoms with Crippen LogP contribution in [0.2, 0.25) is 0 Å². The zero-order valence-corrected chi connectivity index (χ0v) is 39.2. The number of nitrogens with one attached hydrogen (secondary N) is 2. The van der Waals surface area contributed by atoms with Crippen molar-refractivity contribution in [3.05, 3.63) is 179 Å². The highest BCUT2D eigenvalue weighted by molar-refractivity contribution is 6.06. The zero-order chi connectivity index (χ0) is 48.4.